The van der Waals surface area contributed by atoms with Crippen molar-refractivity contribution < 1.29 is 4.74 Å². The molecule has 2 aliphatic rings. The van der Waals surface area contributed by atoms with Crippen molar-refractivity contribution in [3.05, 3.63) is 11.6 Å². The fraction of sp³-hybridized carbons (Fsp3) is 0.857. The van der Waals surface area contributed by atoms with Crippen LogP contribution >= 0.6 is 0 Å². The molecule has 1 unspecified atom stereocenters. The molecule has 1 saturated heterocycles. The van der Waals surface area contributed by atoms with Gasteiger partial charge in [-0.05, 0) is 26.7 Å². The number of ether oxygens (including phenoxy) is 1. The highest BCUT2D eigenvalue weighted by atomic mass is 16.5. The lowest BCUT2D eigenvalue weighted by Crippen LogP contribution is -2.60. The third-order valence-corrected chi connectivity index (χ3v) is 4.24. The fourth-order valence-corrected chi connectivity index (χ4v) is 3.37. The average molecular weight is 238 g/mol. The molecule has 0 amide bonds. The maximum absolute atomic E-state index is 6.49. The zero-order valence-electron chi connectivity index (χ0n) is 11.2. The SMILES string of the molecule is CC(C)=CC(N)C1(N2CCOCC2)CCCC1. The predicted molar refractivity (Wildman–Crippen MR) is 71.0 cm³/mol. The molecule has 1 atom stereocenters. The number of rotatable bonds is 3. The molecular formula is C14H26N2O. The molecule has 17 heavy (non-hydrogen) atoms. The van der Waals surface area contributed by atoms with E-state index in [1.165, 1.54) is 31.3 Å². The van der Waals surface area contributed by atoms with E-state index in [-0.39, 0.29) is 11.6 Å². The summed E-state index contributed by atoms with van der Waals surface area (Å²) in [5.41, 5.74) is 8.03. The van der Waals surface area contributed by atoms with E-state index in [2.05, 4.69) is 24.8 Å². The van der Waals surface area contributed by atoms with Gasteiger partial charge in [0.1, 0.15) is 0 Å². The van der Waals surface area contributed by atoms with Gasteiger partial charge in [0.15, 0.2) is 0 Å². The number of hydrogen-bond acceptors (Lipinski definition) is 3. The minimum atomic E-state index is 0.174. The Morgan fingerprint density at radius 3 is 2.35 bits per heavy atom. The van der Waals surface area contributed by atoms with Gasteiger partial charge in [-0.25, -0.2) is 0 Å². The van der Waals surface area contributed by atoms with Crippen LogP contribution in [0.2, 0.25) is 0 Å². The van der Waals surface area contributed by atoms with Gasteiger partial charge in [-0.15, -0.1) is 0 Å². The molecule has 2 rings (SSSR count). The Morgan fingerprint density at radius 2 is 1.82 bits per heavy atom. The van der Waals surface area contributed by atoms with E-state index in [4.69, 9.17) is 10.5 Å². The maximum atomic E-state index is 6.49. The first-order valence-corrected chi connectivity index (χ1v) is 6.88. The van der Waals surface area contributed by atoms with E-state index < -0.39 is 0 Å². The molecule has 0 aromatic rings. The number of morpholine rings is 1. The van der Waals surface area contributed by atoms with Gasteiger partial charge in [-0.3, -0.25) is 4.90 Å². The van der Waals surface area contributed by atoms with Crippen LogP contribution in [-0.4, -0.2) is 42.8 Å². The minimum Gasteiger partial charge on any atom is -0.379 e. The van der Waals surface area contributed by atoms with Crippen molar-refractivity contribution in [2.75, 3.05) is 26.3 Å². The lowest BCUT2D eigenvalue weighted by atomic mass is 9.85. The van der Waals surface area contributed by atoms with Crippen LogP contribution in [-0.2, 0) is 4.74 Å². The molecule has 0 aromatic carbocycles. The van der Waals surface area contributed by atoms with E-state index in [1.807, 2.05) is 0 Å². The highest BCUT2D eigenvalue weighted by molar-refractivity contribution is 5.13. The van der Waals surface area contributed by atoms with Gasteiger partial charge in [0.2, 0.25) is 0 Å². The third-order valence-electron chi connectivity index (χ3n) is 4.24. The van der Waals surface area contributed by atoms with Gasteiger partial charge in [0.05, 0.1) is 13.2 Å². The van der Waals surface area contributed by atoms with Gasteiger partial charge in [-0.2, -0.15) is 0 Å². The van der Waals surface area contributed by atoms with Crippen LogP contribution in [0.3, 0.4) is 0 Å². The number of allylic oxidation sites excluding steroid dienone is 1. The standard InChI is InChI=1S/C14H26N2O/c1-12(2)11-13(15)14(5-3-4-6-14)16-7-9-17-10-8-16/h11,13H,3-10,15H2,1-2H3. The van der Waals surface area contributed by atoms with Gasteiger partial charge >= 0.3 is 0 Å². The maximum Gasteiger partial charge on any atom is 0.0594 e. The zero-order chi connectivity index (χ0) is 12.3. The Balaban J connectivity index is 2.16. The van der Waals surface area contributed by atoms with Crippen LogP contribution in [0.1, 0.15) is 39.5 Å². The van der Waals surface area contributed by atoms with Crippen LogP contribution < -0.4 is 5.73 Å². The van der Waals surface area contributed by atoms with E-state index >= 15 is 0 Å². The highest BCUT2D eigenvalue weighted by Crippen LogP contribution is 2.38. The fourth-order valence-electron chi connectivity index (χ4n) is 3.37. The van der Waals surface area contributed by atoms with Crippen molar-refractivity contribution in [1.82, 2.24) is 4.90 Å². The largest absolute Gasteiger partial charge is 0.379 e. The average Bonchev–Trinajstić information content (AvgIpc) is 2.79. The van der Waals surface area contributed by atoms with Gasteiger partial charge < -0.3 is 10.5 Å². The van der Waals surface area contributed by atoms with Crippen molar-refractivity contribution in [2.24, 2.45) is 5.73 Å². The topological polar surface area (TPSA) is 38.5 Å². The molecule has 2 fully saturated rings. The second kappa shape index (κ2) is 5.51. The monoisotopic (exact) mass is 238 g/mol. The van der Waals surface area contributed by atoms with Gasteiger partial charge in [-0.1, -0.05) is 24.5 Å². The summed E-state index contributed by atoms with van der Waals surface area (Å²) in [4.78, 5) is 2.59. The summed E-state index contributed by atoms with van der Waals surface area (Å²) in [6.45, 7) is 8.10. The molecule has 0 aromatic heterocycles. The van der Waals surface area contributed by atoms with E-state index in [0.29, 0.717) is 0 Å². The molecule has 0 spiro atoms. The summed E-state index contributed by atoms with van der Waals surface area (Å²) in [6, 6.07) is 0.174. The first-order valence-electron chi connectivity index (χ1n) is 6.88. The molecule has 1 heterocycles. The summed E-state index contributed by atoms with van der Waals surface area (Å²) in [5, 5.41) is 0. The summed E-state index contributed by atoms with van der Waals surface area (Å²) in [6.07, 6.45) is 7.39. The van der Waals surface area contributed by atoms with Crippen LogP contribution in [0.4, 0.5) is 0 Å². The summed E-state index contributed by atoms with van der Waals surface area (Å²) in [7, 11) is 0. The molecule has 98 valence electrons. The van der Waals surface area contributed by atoms with Crippen LogP contribution in [0.15, 0.2) is 11.6 Å². The summed E-state index contributed by atoms with van der Waals surface area (Å²) < 4.78 is 5.47. The molecule has 1 aliphatic heterocycles. The Morgan fingerprint density at radius 1 is 1.24 bits per heavy atom. The van der Waals surface area contributed by atoms with Gasteiger partial charge in [0.25, 0.3) is 0 Å². The van der Waals surface area contributed by atoms with Crippen molar-refractivity contribution in [1.29, 1.82) is 0 Å². The number of nitrogens with zero attached hydrogens (tertiary/aromatic N) is 1. The molecule has 3 heteroatoms. The molecule has 0 bridgehead atoms. The highest BCUT2D eigenvalue weighted by Gasteiger charge is 2.43. The predicted octanol–water partition coefficient (Wildman–Crippen LogP) is 1.92. The number of nitrogens with two attached hydrogens (primary N) is 1. The summed E-state index contributed by atoms with van der Waals surface area (Å²) in [5.74, 6) is 0. The Labute approximate surface area is 105 Å². The molecule has 1 aliphatic carbocycles. The lowest BCUT2D eigenvalue weighted by Gasteiger charge is -2.46. The second-order valence-corrected chi connectivity index (χ2v) is 5.68. The smallest absolute Gasteiger partial charge is 0.0594 e. The normalized spacial score (nSPS) is 26.8. The Hall–Kier alpha value is -0.380. The van der Waals surface area contributed by atoms with Crippen LogP contribution in [0, 0.1) is 0 Å². The van der Waals surface area contributed by atoms with Gasteiger partial charge in [0, 0.05) is 24.7 Å². The van der Waals surface area contributed by atoms with Crippen molar-refractivity contribution in [3.63, 3.8) is 0 Å². The van der Waals surface area contributed by atoms with Crippen molar-refractivity contribution in [3.8, 4) is 0 Å². The van der Waals surface area contributed by atoms with Crippen LogP contribution in [0.25, 0.3) is 0 Å². The van der Waals surface area contributed by atoms with Crippen molar-refractivity contribution in [2.45, 2.75) is 51.1 Å². The summed E-state index contributed by atoms with van der Waals surface area (Å²) >= 11 is 0. The van der Waals surface area contributed by atoms with E-state index in [1.54, 1.807) is 0 Å². The molecule has 1 saturated carbocycles. The Bertz CT molecular complexity index is 272. The molecule has 3 nitrogen and oxygen atoms in total. The van der Waals surface area contributed by atoms with Crippen LogP contribution in [0.5, 0.6) is 0 Å². The Kier molecular flexibility index (Phi) is 4.23. The van der Waals surface area contributed by atoms with Crippen molar-refractivity contribution >= 4 is 0 Å². The minimum absolute atomic E-state index is 0.174. The van der Waals surface area contributed by atoms with E-state index in [9.17, 15) is 0 Å². The first kappa shape index (κ1) is 13.1. The quantitative estimate of drug-likeness (QED) is 0.764. The molecular weight excluding hydrogens is 212 g/mol. The number of hydrogen-bond donors (Lipinski definition) is 1. The lowest BCUT2D eigenvalue weighted by molar-refractivity contribution is -0.0253. The molecule has 0 radical (unpaired) electrons. The first-order chi connectivity index (χ1) is 8.15. The zero-order valence-corrected chi connectivity index (χ0v) is 11.2. The van der Waals surface area contributed by atoms with E-state index in [0.717, 1.165) is 26.3 Å². The third kappa shape index (κ3) is 2.72. The molecule has 2 N–H and O–H groups in total. The second-order valence-electron chi connectivity index (χ2n) is 5.68.